The van der Waals surface area contributed by atoms with Gasteiger partial charge in [0, 0.05) is 5.69 Å². The van der Waals surface area contributed by atoms with Gasteiger partial charge < -0.3 is 15.5 Å². The second-order valence-corrected chi connectivity index (χ2v) is 4.59. The Kier molecular flexibility index (Phi) is 4.68. The maximum Gasteiger partial charge on any atom is 0.276 e. The van der Waals surface area contributed by atoms with E-state index in [0.717, 1.165) is 5.75 Å². The molecule has 0 radical (unpaired) electrons. The normalized spacial score (nSPS) is 10.3. The summed E-state index contributed by atoms with van der Waals surface area (Å²) in [4.78, 5) is 12.0. The van der Waals surface area contributed by atoms with Crippen molar-refractivity contribution in [2.45, 2.75) is 20.0 Å². The molecule has 0 saturated heterocycles. The fraction of sp³-hybridized carbons (Fsp3) is 0.214. The molecule has 0 saturated carbocycles. The molecule has 21 heavy (non-hydrogen) atoms. The van der Waals surface area contributed by atoms with Crippen LogP contribution in [0.2, 0.25) is 0 Å². The average molecular weight is 287 g/mol. The summed E-state index contributed by atoms with van der Waals surface area (Å²) in [6.45, 7) is 3.91. The molecule has 0 spiro atoms. The van der Waals surface area contributed by atoms with E-state index in [1.165, 1.54) is 6.07 Å². The van der Waals surface area contributed by atoms with Gasteiger partial charge in [0.2, 0.25) is 0 Å². The fourth-order valence-electron chi connectivity index (χ4n) is 1.61. The lowest BCUT2D eigenvalue weighted by Crippen LogP contribution is -2.16. The molecule has 1 heterocycles. The standard InChI is InChI=1S/C14H17N5O2/c1-9(2)21-11-5-3-10(4-6-11)16-14(20)12-7-8-13(17-15)19-18-12/h3-9H,15H2,1-2H3,(H,16,20)(H,17,19). The number of hydrogen-bond acceptors (Lipinski definition) is 6. The summed E-state index contributed by atoms with van der Waals surface area (Å²) in [5.41, 5.74) is 3.20. The molecule has 1 aromatic carbocycles. The van der Waals surface area contributed by atoms with Crippen molar-refractivity contribution in [1.29, 1.82) is 0 Å². The predicted octanol–water partition coefficient (Wildman–Crippen LogP) is 1.80. The maximum atomic E-state index is 12.0. The molecule has 0 aliphatic carbocycles. The van der Waals surface area contributed by atoms with Crippen molar-refractivity contribution in [2.24, 2.45) is 5.84 Å². The molecule has 0 bridgehead atoms. The molecule has 4 N–H and O–H groups in total. The maximum absolute atomic E-state index is 12.0. The Labute approximate surface area is 122 Å². The molecule has 0 aliphatic heterocycles. The minimum Gasteiger partial charge on any atom is -0.491 e. The van der Waals surface area contributed by atoms with Crippen LogP contribution in [0, 0.1) is 0 Å². The van der Waals surface area contributed by atoms with Gasteiger partial charge in [-0.3, -0.25) is 4.79 Å². The summed E-state index contributed by atoms with van der Waals surface area (Å²) in [5.74, 6) is 5.98. The Bertz CT molecular complexity index is 596. The zero-order chi connectivity index (χ0) is 15.2. The molecular weight excluding hydrogens is 270 g/mol. The zero-order valence-corrected chi connectivity index (χ0v) is 11.8. The lowest BCUT2D eigenvalue weighted by atomic mass is 10.3. The summed E-state index contributed by atoms with van der Waals surface area (Å²) in [6, 6.07) is 10.2. The van der Waals surface area contributed by atoms with Crippen molar-refractivity contribution < 1.29 is 9.53 Å². The van der Waals surface area contributed by atoms with Gasteiger partial charge in [-0.25, -0.2) is 5.84 Å². The van der Waals surface area contributed by atoms with E-state index in [1.54, 1.807) is 30.3 Å². The third-order valence-corrected chi connectivity index (χ3v) is 2.53. The highest BCUT2D eigenvalue weighted by molar-refractivity contribution is 6.02. The molecule has 7 heteroatoms. The van der Waals surface area contributed by atoms with Crippen LogP contribution in [0.25, 0.3) is 0 Å². The number of nitrogens with zero attached hydrogens (tertiary/aromatic N) is 2. The number of aromatic nitrogens is 2. The first kappa shape index (κ1) is 14.7. The number of hydrogen-bond donors (Lipinski definition) is 3. The van der Waals surface area contributed by atoms with Crippen molar-refractivity contribution in [3.05, 3.63) is 42.1 Å². The highest BCUT2D eigenvalue weighted by Gasteiger charge is 2.08. The van der Waals surface area contributed by atoms with Crippen LogP contribution in [0.1, 0.15) is 24.3 Å². The van der Waals surface area contributed by atoms with Crippen LogP contribution in [-0.2, 0) is 0 Å². The molecule has 0 aliphatic rings. The van der Waals surface area contributed by atoms with E-state index in [-0.39, 0.29) is 17.7 Å². The Morgan fingerprint density at radius 1 is 1.14 bits per heavy atom. The van der Waals surface area contributed by atoms with Crippen molar-refractivity contribution in [1.82, 2.24) is 10.2 Å². The minimum absolute atomic E-state index is 0.107. The first-order chi connectivity index (χ1) is 10.1. The summed E-state index contributed by atoms with van der Waals surface area (Å²) in [5, 5.41) is 10.2. The zero-order valence-electron chi connectivity index (χ0n) is 11.8. The Hall–Kier alpha value is -2.67. The summed E-state index contributed by atoms with van der Waals surface area (Å²) < 4.78 is 5.53. The van der Waals surface area contributed by atoms with Gasteiger partial charge >= 0.3 is 0 Å². The number of nitrogens with two attached hydrogens (primary N) is 1. The van der Waals surface area contributed by atoms with Crippen LogP contribution in [0.15, 0.2) is 36.4 Å². The smallest absolute Gasteiger partial charge is 0.276 e. The molecule has 1 amide bonds. The summed E-state index contributed by atoms with van der Waals surface area (Å²) >= 11 is 0. The van der Waals surface area contributed by atoms with E-state index < -0.39 is 0 Å². The minimum atomic E-state index is -0.344. The number of amides is 1. The summed E-state index contributed by atoms with van der Waals surface area (Å²) in [7, 11) is 0. The largest absolute Gasteiger partial charge is 0.491 e. The number of nitrogen functional groups attached to an aromatic ring is 1. The quantitative estimate of drug-likeness (QED) is 0.572. The first-order valence-electron chi connectivity index (χ1n) is 6.47. The predicted molar refractivity (Wildman–Crippen MR) is 80.0 cm³/mol. The number of anilines is 2. The lowest BCUT2D eigenvalue weighted by Gasteiger charge is -2.10. The Morgan fingerprint density at radius 2 is 1.86 bits per heavy atom. The molecule has 2 rings (SSSR count). The van der Waals surface area contributed by atoms with Gasteiger partial charge in [0.05, 0.1) is 6.10 Å². The van der Waals surface area contributed by atoms with Crippen LogP contribution >= 0.6 is 0 Å². The van der Waals surface area contributed by atoms with Gasteiger partial charge in [-0.2, -0.15) is 0 Å². The van der Waals surface area contributed by atoms with Gasteiger partial charge in [0.15, 0.2) is 11.5 Å². The second-order valence-electron chi connectivity index (χ2n) is 4.59. The number of nitrogens with one attached hydrogen (secondary N) is 2. The lowest BCUT2D eigenvalue weighted by molar-refractivity contribution is 0.102. The Morgan fingerprint density at radius 3 is 2.38 bits per heavy atom. The molecule has 0 unspecified atom stereocenters. The summed E-state index contributed by atoms with van der Waals surface area (Å²) in [6.07, 6.45) is 0.107. The van der Waals surface area contributed by atoms with Crippen LogP contribution < -0.4 is 21.3 Å². The van der Waals surface area contributed by atoms with Gasteiger partial charge in [0.25, 0.3) is 5.91 Å². The van der Waals surface area contributed by atoms with E-state index in [0.29, 0.717) is 11.5 Å². The van der Waals surface area contributed by atoms with Crippen molar-refractivity contribution in [2.75, 3.05) is 10.7 Å². The van der Waals surface area contributed by atoms with Gasteiger partial charge in [-0.1, -0.05) is 0 Å². The van der Waals surface area contributed by atoms with E-state index in [1.807, 2.05) is 13.8 Å². The number of carbonyl (C=O) groups is 1. The highest BCUT2D eigenvalue weighted by atomic mass is 16.5. The molecule has 7 nitrogen and oxygen atoms in total. The molecule has 2 aromatic rings. The third-order valence-electron chi connectivity index (χ3n) is 2.53. The van der Waals surface area contributed by atoms with E-state index in [9.17, 15) is 4.79 Å². The van der Waals surface area contributed by atoms with Gasteiger partial charge in [0.1, 0.15) is 5.75 Å². The van der Waals surface area contributed by atoms with Crippen LogP contribution in [0.4, 0.5) is 11.5 Å². The van der Waals surface area contributed by atoms with Crippen molar-refractivity contribution in [3.63, 3.8) is 0 Å². The topological polar surface area (TPSA) is 102 Å². The van der Waals surface area contributed by atoms with E-state index in [4.69, 9.17) is 10.6 Å². The highest BCUT2D eigenvalue weighted by Crippen LogP contribution is 2.17. The SMILES string of the molecule is CC(C)Oc1ccc(NC(=O)c2ccc(NN)nn2)cc1. The van der Waals surface area contributed by atoms with Crippen LogP contribution in [-0.4, -0.2) is 22.2 Å². The molecular formula is C14H17N5O2. The number of hydrazine groups is 1. The van der Waals surface area contributed by atoms with Gasteiger partial charge in [-0.05, 0) is 50.2 Å². The van der Waals surface area contributed by atoms with Gasteiger partial charge in [-0.15, -0.1) is 10.2 Å². The molecule has 110 valence electrons. The van der Waals surface area contributed by atoms with Crippen LogP contribution in [0.3, 0.4) is 0 Å². The Balaban J connectivity index is 2.01. The molecule has 1 aromatic heterocycles. The average Bonchev–Trinajstić information content (AvgIpc) is 2.49. The molecule has 0 fully saturated rings. The first-order valence-corrected chi connectivity index (χ1v) is 6.47. The van der Waals surface area contributed by atoms with E-state index in [2.05, 4.69) is 20.9 Å². The van der Waals surface area contributed by atoms with Crippen molar-refractivity contribution in [3.8, 4) is 5.75 Å². The monoisotopic (exact) mass is 287 g/mol. The molecule has 0 atom stereocenters. The number of rotatable bonds is 5. The van der Waals surface area contributed by atoms with Crippen molar-refractivity contribution >= 4 is 17.4 Å². The van der Waals surface area contributed by atoms with E-state index >= 15 is 0 Å². The number of ether oxygens (including phenoxy) is 1. The number of carbonyl (C=O) groups excluding carboxylic acids is 1. The fourth-order valence-corrected chi connectivity index (χ4v) is 1.61. The second kappa shape index (κ2) is 6.67. The third kappa shape index (κ3) is 4.15. The number of benzene rings is 1. The van der Waals surface area contributed by atoms with Crippen LogP contribution in [0.5, 0.6) is 5.75 Å².